The van der Waals surface area contributed by atoms with Crippen LogP contribution in [0.4, 0.5) is 35.1 Å². The summed E-state index contributed by atoms with van der Waals surface area (Å²) >= 11 is 0. The lowest BCUT2D eigenvalue weighted by Crippen LogP contribution is -2.54. The van der Waals surface area contributed by atoms with E-state index in [0.717, 1.165) is 0 Å². The van der Waals surface area contributed by atoms with Crippen molar-refractivity contribution in [3.8, 4) is 0 Å². The molecule has 0 saturated heterocycles. The Morgan fingerprint density at radius 3 is 1.54 bits per heavy atom. The van der Waals surface area contributed by atoms with E-state index in [-0.39, 0.29) is 25.7 Å². The topological polar surface area (TPSA) is 0 Å². The zero-order valence-electron chi connectivity index (χ0n) is 14.3. The van der Waals surface area contributed by atoms with Crippen LogP contribution in [0, 0.1) is 5.92 Å². The summed E-state index contributed by atoms with van der Waals surface area (Å²) in [6, 6.07) is 0. The molecule has 0 fully saturated rings. The van der Waals surface area contributed by atoms with Gasteiger partial charge in [-0.1, -0.05) is 45.4 Å². The molecule has 0 aromatic carbocycles. The minimum absolute atomic E-state index is 0.0217. The van der Waals surface area contributed by atoms with Gasteiger partial charge in [-0.05, 0) is 26.2 Å². The van der Waals surface area contributed by atoms with Crippen LogP contribution < -0.4 is 0 Å². The fourth-order valence-electron chi connectivity index (χ4n) is 2.61. The van der Waals surface area contributed by atoms with Crippen LogP contribution in [0.1, 0.15) is 72.1 Å². The summed E-state index contributed by atoms with van der Waals surface area (Å²) in [5.41, 5.74) is -6.64. The van der Waals surface area contributed by atoms with Gasteiger partial charge in [0.25, 0.3) is 5.67 Å². The SMILES string of the molecule is CCCCC(CCCCC(C)(C)F)CC(F)(C(F)(F)F)C(F)(F)F. The van der Waals surface area contributed by atoms with Crippen molar-refractivity contribution >= 4 is 0 Å². The first-order valence-corrected chi connectivity index (χ1v) is 8.15. The second-order valence-electron chi connectivity index (χ2n) is 6.97. The van der Waals surface area contributed by atoms with Gasteiger partial charge in [-0.15, -0.1) is 0 Å². The molecule has 0 nitrogen and oxygen atoms in total. The number of alkyl halides is 8. The van der Waals surface area contributed by atoms with E-state index in [4.69, 9.17) is 0 Å². The number of hydrogen-bond donors (Lipinski definition) is 0. The van der Waals surface area contributed by atoms with E-state index in [1.54, 1.807) is 6.92 Å². The molecule has 0 radical (unpaired) electrons. The Morgan fingerprint density at radius 1 is 0.708 bits per heavy atom. The van der Waals surface area contributed by atoms with E-state index in [9.17, 15) is 35.1 Å². The second-order valence-corrected chi connectivity index (χ2v) is 6.97. The molecular weight excluding hydrogens is 344 g/mol. The number of rotatable bonds is 10. The summed E-state index contributed by atoms with van der Waals surface area (Å²) in [5, 5.41) is 0. The lowest BCUT2D eigenvalue weighted by Gasteiger charge is -2.33. The maximum absolute atomic E-state index is 13.9. The first-order chi connectivity index (χ1) is 10.6. The summed E-state index contributed by atoms with van der Waals surface area (Å²) in [6.45, 7) is 4.45. The minimum Gasteiger partial charge on any atom is -0.245 e. The average Bonchev–Trinajstić information content (AvgIpc) is 2.36. The first-order valence-electron chi connectivity index (χ1n) is 8.15. The first kappa shape index (κ1) is 23.4. The molecule has 8 heteroatoms. The van der Waals surface area contributed by atoms with Crippen molar-refractivity contribution in [3.05, 3.63) is 0 Å². The predicted molar refractivity (Wildman–Crippen MR) is 77.2 cm³/mol. The van der Waals surface area contributed by atoms with E-state index < -0.39 is 36.0 Å². The Balaban J connectivity index is 4.96. The highest BCUT2D eigenvalue weighted by molar-refractivity contribution is 4.96. The van der Waals surface area contributed by atoms with E-state index in [2.05, 4.69) is 0 Å². The van der Waals surface area contributed by atoms with Crippen molar-refractivity contribution in [3.63, 3.8) is 0 Å². The molecule has 146 valence electrons. The number of halogens is 8. The van der Waals surface area contributed by atoms with E-state index in [0.29, 0.717) is 19.3 Å². The highest BCUT2D eigenvalue weighted by Crippen LogP contribution is 2.50. The molecule has 0 aromatic rings. The molecular formula is C16H26F8. The monoisotopic (exact) mass is 370 g/mol. The molecule has 0 spiro atoms. The van der Waals surface area contributed by atoms with Gasteiger partial charge in [-0.2, -0.15) is 26.3 Å². The molecule has 0 saturated carbocycles. The van der Waals surface area contributed by atoms with Gasteiger partial charge in [-0.3, -0.25) is 0 Å². The second kappa shape index (κ2) is 8.70. The molecule has 0 aliphatic rings. The normalized spacial score (nSPS) is 15.6. The molecule has 0 amide bonds. The van der Waals surface area contributed by atoms with Crippen LogP contribution in [-0.2, 0) is 0 Å². The van der Waals surface area contributed by atoms with Gasteiger partial charge in [0.2, 0.25) is 0 Å². The summed E-state index contributed by atoms with van der Waals surface area (Å²) in [4.78, 5) is 0. The van der Waals surface area contributed by atoms with Crippen molar-refractivity contribution in [1.29, 1.82) is 0 Å². The average molecular weight is 370 g/mol. The van der Waals surface area contributed by atoms with E-state index in [1.807, 2.05) is 0 Å². The highest BCUT2D eigenvalue weighted by atomic mass is 19.4. The quantitative estimate of drug-likeness (QED) is 0.279. The molecule has 0 heterocycles. The predicted octanol–water partition coefficient (Wildman–Crippen LogP) is 7.32. The minimum atomic E-state index is -6.00. The van der Waals surface area contributed by atoms with Gasteiger partial charge < -0.3 is 0 Å². The van der Waals surface area contributed by atoms with Crippen LogP contribution in [0.5, 0.6) is 0 Å². The van der Waals surface area contributed by atoms with Crippen molar-refractivity contribution < 1.29 is 35.1 Å². The lowest BCUT2D eigenvalue weighted by atomic mass is 9.84. The largest absolute Gasteiger partial charge is 0.431 e. The van der Waals surface area contributed by atoms with Gasteiger partial charge in [0, 0.05) is 6.42 Å². The lowest BCUT2D eigenvalue weighted by molar-refractivity contribution is -0.346. The summed E-state index contributed by atoms with van der Waals surface area (Å²) in [6.07, 6.45) is -11.7. The van der Waals surface area contributed by atoms with Gasteiger partial charge in [0.05, 0.1) is 0 Å². The molecule has 0 aromatic heterocycles. The Morgan fingerprint density at radius 2 is 1.17 bits per heavy atom. The van der Waals surface area contributed by atoms with Crippen molar-refractivity contribution in [2.75, 3.05) is 0 Å². The van der Waals surface area contributed by atoms with Crippen LogP contribution in [0.2, 0.25) is 0 Å². The molecule has 0 N–H and O–H groups in total. The number of hydrogen-bond acceptors (Lipinski definition) is 0. The molecule has 0 rings (SSSR count). The molecule has 1 atom stereocenters. The van der Waals surface area contributed by atoms with Gasteiger partial charge in [0.1, 0.15) is 5.67 Å². The Labute approximate surface area is 138 Å². The van der Waals surface area contributed by atoms with Crippen molar-refractivity contribution in [2.45, 2.75) is 95.8 Å². The van der Waals surface area contributed by atoms with Crippen molar-refractivity contribution in [2.24, 2.45) is 5.92 Å². The Kier molecular flexibility index (Phi) is 8.49. The Bertz CT molecular complexity index is 337. The third-order valence-corrected chi connectivity index (χ3v) is 4.07. The standard InChI is InChI=1S/C16H26F8/c1-4-5-8-12(9-6-7-10-13(2,3)17)11-14(18,15(19,20)21)16(22,23)24/h12H,4-11H2,1-3H3. The molecule has 1 unspecified atom stereocenters. The zero-order valence-corrected chi connectivity index (χ0v) is 14.3. The third kappa shape index (κ3) is 7.55. The van der Waals surface area contributed by atoms with Crippen molar-refractivity contribution in [1.82, 2.24) is 0 Å². The Hall–Kier alpha value is -0.560. The van der Waals surface area contributed by atoms with E-state index >= 15 is 0 Å². The van der Waals surface area contributed by atoms with Gasteiger partial charge in [-0.25, -0.2) is 8.78 Å². The molecule has 0 aliphatic heterocycles. The molecule has 0 aliphatic carbocycles. The van der Waals surface area contributed by atoms with E-state index in [1.165, 1.54) is 13.8 Å². The summed E-state index contributed by atoms with van der Waals surface area (Å²) in [7, 11) is 0. The fraction of sp³-hybridized carbons (Fsp3) is 1.00. The maximum Gasteiger partial charge on any atom is 0.431 e. The smallest absolute Gasteiger partial charge is 0.245 e. The summed E-state index contributed by atoms with van der Waals surface area (Å²) < 4.78 is 103. The van der Waals surface area contributed by atoms with Crippen LogP contribution in [0.15, 0.2) is 0 Å². The van der Waals surface area contributed by atoms with Crippen LogP contribution in [0.25, 0.3) is 0 Å². The summed E-state index contributed by atoms with van der Waals surface area (Å²) in [5.74, 6) is -1.04. The van der Waals surface area contributed by atoms with Crippen LogP contribution in [0.3, 0.4) is 0 Å². The molecule has 24 heavy (non-hydrogen) atoms. The highest BCUT2D eigenvalue weighted by Gasteiger charge is 2.72. The zero-order chi connectivity index (χ0) is 19.2. The maximum atomic E-state index is 13.9. The van der Waals surface area contributed by atoms with Gasteiger partial charge >= 0.3 is 12.4 Å². The third-order valence-electron chi connectivity index (χ3n) is 4.07. The van der Waals surface area contributed by atoms with Gasteiger partial charge in [0.15, 0.2) is 0 Å². The molecule has 0 bridgehead atoms. The fourth-order valence-corrected chi connectivity index (χ4v) is 2.61. The van der Waals surface area contributed by atoms with Crippen LogP contribution >= 0.6 is 0 Å². The number of unbranched alkanes of at least 4 members (excludes halogenated alkanes) is 2. The van der Waals surface area contributed by atoms with Crippen LogP contribution in [-0.4, -0.2) is 23.7 Å².